The van der Waals surface area contributed by atoms with E-state index in [4.69, 9.17) is 0 Å². The van der Waals surface area contributed by atoms with Crippen LogP contribution in [0.3, 0.4) is 0 Å². The maximum absolute atomic E-state index is 4.63. The van der Waals surface area contributed by atoms with E-state index < -0.39 is 0 Å². The maximum Gasteiger partial charge on any atom is 0.0886 e. The van der Waals surface area contributed by atoms with E-state index in [1.807, 2.05) is 30.6 Å². The maximum atomic E-state index is 4.63. The van der Waals surface area contributed by atoms with E-state index in [1.54, 1.807) is 0 Å². The molecule has 0 aromatic carbocycles. The molecule has 1 saturated carbocycles. The normalized spacial score (nSPS) is 32.0. The van der Waals surface area contributed by atoms with Gasteiger partial charge in [-0.2, -0.15) is 0 Å². The summed E-state index contributed by atoms with van der Waals surface area (Å²) < 4.78 is 0. The highest BCUT2D eigenvalue weighted by Gasteiger charge is 2.62. The summed E-state index contributed by atoms with van der Waals surface area (Å²) in [5.41, 5.74) is 4.31. The molecule has 3 aliphatic rings. The second-order valence-corrected chi connectivity index (χ2v) is 7.93. The van der Waals surface area contributed by atoms with Gasteiger partial charge in [0.25, 0.3) is 0 Å². The molecular weight excluding hydrogens is 296 g/mol. The van der Waals surface area contributed by atoms with Crippen LogP contribution < -0.4 is 5.32 Å². The van der Waals surface area contributed by atoms with Crippen LogP contribution >= 0.6 is 0 Å². The van der Waals surface area contributed by atoms with Crippen molar-refractivity contribution >= 4 is 0 Å². The SMILES string of the molecule is c1ccc(-c2ccc(CN3CC45CCCC4(CNC5)C3)cn2)nc1. The second kappa shape index (κ2) is 5.36. The zero-order valence-corrected chi connectivity index (χ0v) is 14.0. The van der Waals surface area contributed by atoms with Crippen molar-refractivity contribution in [2.45, 2.75) is 25.8 Å². The van der Waals surface area contributed by atoms with Crippen LogP contribution in [0, 0.1) is 10.8 Å². The molecule has 2 saturated heterocycles. The highest BCUT2D eigenvalue weighted by atomic mass is 15.2. The first-order chi connectivity index (χ1) is 11.8. The third-order valence-electron chi connectivity index (χ3n) is 6.57. The largest absolute Gasteiger partial charge is 0.315 e. The lowest BCUT2D eigenvalue weighted by Gasteiger charge is -2.30. The molecule has 2 aromatic heterocycles. The summed E-state index contributed by atoms with van der Waals surface area (Å²) in [7, 11) is 0. The first-order valence-electron chi connectivity index (χ1n) is 9.08. The second-order valence-electron chi connectivity index (χ2n) is 7.93. The molecule has 0 radical (unpaired) electrons. The number of pyridine rings is 2. The molecule has 2 aliphatic heterocycles. The van der Waals surface area contributed by atoms with Crippen LogP contribution in [-0.4, -0.2) is 41.0 Å². The Balaban J connectivity index is 1.31. The molecule has 0 bridgehead atoms. The number of hydrogen-bond acceptors (Lipinski definition) is 4. The number of likely N-dealkylation sites (tertiary alicyclic amines) is 1. The summed E-state index contributed by atoms with van der Waals surface area (Å²) in [4.78, 5) is 11.7. The zero-order chi connectivity index (χ0) is 16.0. The van der Waals surface area contributed by atoms with Gasteiger partial charge in [-0.15, -0.1) is 0 Å². The fourth-order valence-corrected chi connectivity index (χ4v) is 5.46. The molecule has 4 nitrogen and oxygen atoms in total. The van der Waals surface area contributed by atoms with E-state index in [0.717, 1.165) is 17.9 Å². The summed E-state index contributed by atoms with van der Waals surface area (Å²) in [6.07, 6.45) is 8.09. The number of nitrogens with zero attached hydrogens (tertiary/aromatic N) is 3. The number of nitrogens with one attached hydrogen (secondary N) is 1. The van der Waals surface area contributed by atoms with Gasteiger partial charge in [0.2, 0.25) is 0 Å². The van der Waals surface area contributed by atoms with Gasteiger partial charge in [-0.1, -0.05) is 18.6 Å². The van der Waals surface area contributed by atoms with Crippen LogP contribution in [0.4, 0.5) is 0 Å². The molecule has 5 rings (SSSR count). The fourth-order valence-electron chi connectivity index (χ4n) is 5.46. The highest BCUT2D eigenvalue weighted by Crippen LogP contribution is 2.59. The zero-order valence-electron chi connectivity index (χ0n) is 14.0. The average Bonchev–Trinajstić information content (AvgIpc) is 3.18. The molecule has 2 unspecified atom stereocenters. The van der Waals surface area contributed by atoms with E-state index in [2.05, 4.69) is 32.3 Å². The minimum Gasteiger partial charge on any atom is -0.315 e. The van der Waals surface area contributed by atoms with Gasteiger partial charge in [0.15, 0.2) is 0 Å². The Bertz CT molecular complexity index is 695. The monoisotopic (exact) mass is 320 g/mol. The van der Waals surface area contributed by atoms with Gasteiger partial charge in [0, 0.05) is 55.9 Å². The topological polar surface area (TPSA) is 41.0 Å². The van der Waals surface area contributed by atoms with Gasteiger partial charge < -0.3 is 5.32 Å². The Labute approximate surface area is 143 Å². The van der Waals surface area contributed by atoms with Gasteiger partial charge in [-0.05, 0) is 36.6 Å². The standard InChI is InChI=1S/C20H24N4/c1-2-9-22-17(4-1)18-6-5-16(10-23-18)11-24-14-19-7-3-8-20(19,15-24)13-21-12-19/h1-2,4-6,9-10,21H,3,7-8,11-15H2. The molecular formula is C20H24N4. The molecule has 1 aliphatic carbocycles. The van der Waals surface area contributed by atoms with E-state index in [1.165, 1.54) is 51.0 Å². The van der Waals surface area contributed by atoms with Gasteiger partial charge >= 0.3 is 0 Å². The Hall–Kier alpha value is -1.78. The van der Waals surface area contributed by atoms with Crippen molar-refractivity contribution < 1.29 is 0 Å². The summed E-state index contributed by atoms with van der Waals surface area (Å²) in [6.45, 7) is 5.98. The molecule has 3 fully saturated rings. The first-order valence-corrected chi connectivity index (χ1v) is 9.08. The van der Waals surface area contributed by atoms with Crippen LogP contribution in [0.5, 0.6) is 0 Å². The fraction of sp³-hybridized carbons (Fsp3) is 0.500. The molecule has 4 heteroatoms. The third kappa shape index (κ3) is 2.13. The molecule has 1 N–H and O–H groups in total. The van der Waals surface area contributed by atoms with E-state index in [0.29, 0.717) is 10.8 Å². The van der Waals surface area contributed by atoms with E-state index in [-0.39, 0.29) is 0 Å². The van der Waals surface area contributed by atoms with Crippen molar-refractivity contribution in [1.29, 1.82) is 0 Å². The molecule has 0 amide bonds. The highest BCUT2D eigenvalue weighted by molar-refractivity contribution is 5.53. The van der Waals surface area contributed by atoms with Crippen LogP contribution in [0.2, 0.25) is 0 Å². The Morgan fingerprint density at radius 1 is 0.958 bits per heavy atom. The molecule has 24 heavy (non-hydrogen) atoms. The van der Waals surface area contributed by atoms with Crippen molar-refractivity contribution in [2.75, 3.05) is 26.2 Å². The summed E-state index contributed by atoms with van der Waals surface area (Å²) in [5.74, 6) is 0. The summed E-state index contributed by atoms with van der Waals surface area (Å²) >= 11 is 0. The third-order valence-corrected chi connectivity index (χ3v) is 6.57. The molecule has 4 heterocycles. The van der Waals surface area contributed by atoms with Crippen molar-refractivity contribution in [3.05, 3.63) is 48.3 Å². The minimum atomic E-state index is 0.550. The Morgan fingerprint density at radius 3 is 2.42 bits per heavy atom. The van der Waals surface area contributed by atoms with Crippen molar-refractivity contribution in [3.8, 4) is 11.4 Å². The van der Waals surface area contributed by atoms with Gasteiger partial charge in [-0.3, -0.25) is 14.9 Å². The molecule has 0 spiro atoms. The number of rotatable bonds is 3. The lowest BCUT2D eigenvalue weighted by Crippen LogP contribution is -2.34. The predicted molar refractivity (Wildman–Crippen MR) is 94.3 cm³/mol. The van der Waals surface area contributed by atoms with E-state index >= 15 is 0 Å². The number of hydrogen-bond donors (Lipinski definition) is 1. The van der Waals surface area contributed by atoms with Crippen LogP contribution in [-0.2, 0) is 6.54 Å². The Kier molecular flexibility index (Phi) is 3.25. The van der Waals surface area contributed by atoms with Gasteiger partial charge in [0.05, 0.1) is 11.4 Å². The lowest BCUT2D eigenvalue weighted by molar-refractivity contribution is 0.212. The van der Waals surface area contributed by atoms with Crippen molar-refractivity contribution in [1.82, 2.24) is 20.2 Å². The van der Waals surface area contributed by atoms with Crippen LogP contribution in [0.1, 0.15) is 24.8 Å². The quantitative estimate of drug-likeness (QED) is 0.944. The van der Waals surface area contributed by atoms with Gasteiger partial charge in [0.1, 0.15) is 0 Å². The van der Waals surface area contributed by atoms with Crippen LogP contribution in [0.25, 0.3) is 11.4 Å². The van der Waals surface area contributed by atoms with Gasteiger partial charge in [-0.25, -0.2) is 0 Å². The smallest absolute Gasteiger partial charge is 0.0886 e. The average molecular weight is 320 g/mol. The Morgan fingerprint density at radius 2 is 1.75 bits per heavy atom. The molecule has 124 valence electrons. The van der Waals surface area contributed by atoms with Crippen LogP contribution in [0.15, 0.2) is 42.7 Å². The van der Waals surface area contributed by atoms with E-state index in [9.17, 15) is 0 Å². The van der Waals surface area contributed by atoms with Crippen molar-refractivity contribution in [2.24, 2.45) is 10.8 Å². The summed E-state index contributed by atoms with van der Waals surface area (Å²) in [6, 6.07) is 10.3. The molecule has 2 atom stereocenters. The number of aromatic nitrogens is 2. The predicted octanol–water partition coefficient (Wildman–Crippen LogP) is 2.72. The van der Waals surface area contributed by atoms with Crippen molar-refractivity contribution in [3.63, 3.8) is 0 Å². The molecule has 2 aromatic rings. The first kappa shape index (κ1) is 14.6. The summed E-state index contributed by atoms with van der Waals surface area (Å²) in [5, 5.41) is 3.67. The minimum absolute atomic E-state index is 0.550. The lowest BCUT2D eigenvalue weighted by atomic mass is 9.71.